The molecule has 1 aromatic rings. The van der Waals surface area contributed by atoms with Crippen LogP contribution >= 0.6 is 0 Å². The second-order valence-electron chi connectivity index (χ2n) is 4.82. The number of hydrogen-bond acceptors (Lipinski definition) is 4. The monoisotopic (exact) mass is 258 g/mol. The molecular formula is C15H22N4. The first-order valence-corrected chi connectivity index (χ1v) is 7.00. The summed E-state index contributed by atoms with van der Waals surface area (Å²) in [5.74, 6) is 0. The third-order valence-corrected chi connectivity index (χ3v) is 3.51. The maximum atomic E-state index is 8.78. The molecule has 1 aromatic carbocycles. The van der Waals surface area contributed by atoms with Gasteiger partial charge in [0.25, 0.3) is 0 Å². The minimum atomic E-state index is 0.580. The van der Waals surface area contributed by atoms with Crippen LogP contribution in [0.15, 0.2) is 30.3 Å². The highest BCUT2D eigenvalue weighted by molar-refractivity contribution is 5.46. The molecule has 1 N–H and O–H groups in total. The summed E-state index contributed by atoms with van der Waals surface area (Å²) in [6.45, 7) is 7.30. The first kappa shape index (κ1) is 13.9. The summed E-state index contributed by atoms with van der Waals surface area (Å²) in [5.41, 5.74) is 1.22. The van der Waals surface area contributed by atoms with E-state index in [1.54, 1.807) is 0 Å². The number of anilines is 1. The van der Waals surface area contributed by atoms with Gasteiger partial charge in [0.15, 0.2) is 0 Å². The molecule has 0 spiro atoms. The van der Waals surface area contributed by atoms with E-state index in [1.165, 1.54) is 5.69 Å². The predicted molar refractivity (Wildman–Crippen MR) is 78.2 cm³/mol. The number of nitriles is 1. The smallest absolute Gasteiger partial charge is 0.0640 e. The molecule has 102 valence electrons. The molecule has 2 rings (SSSR count). The Morgan fingerprint density at radius 3 is 2.58 bits per heavy atom. The lowest BCUT2D eigenvalue weighted by Gasteiger charge is -2.31. The van der Waals surface area contributed by atoms with Gasteiger partial charge in [0.2, 0.25) is 0 Å². The summed E-state index contributed by atoms with van der Waals surface area (Å²) in [5, 5.41) is 12.2. The van der Waals surface area contributed by atoms with E-state index in [-0.39, 0.29) is 0 Å². The van der Waals surface area contributed by atoms with Crippen LogP contribution < -0.4 is 10.2 Å². The van der Waals surface area contributed by atoms with Crippen LogP contribution in [0, 0.1) is 11.3 Å². The zero-order chi connectivity index (χ0) is 13.3. The maximum absolute atomic E-state index is 8.78. The van der Waals surface area contributed by atoms with Gasteiger partial charge in [-0.05, 0) is 12.1 Å². The van der Waals surface area contributed by atoms with E-state index in [1.807, 2.05) is 6.07 Å². The van der Waals surface area contributed by atoms with Gasteiger partial charge in [-0.25, -0.2) is 0 Å². The fraction of sp³-hybridized carbons (Fsp3) is 0.533. The van der Waals surface area contributed by atoms with E-state index < -0.39 is 0 Å². The molecule has 0 unspecified atom stereocenters. The molecule has 0 amide bonds. The van der Waals surface area contributed by atoms with Gasteiger partial charge < -0.3 is 10.2 Å². The van der Waals surface area contributed by atoms with Crippen molar-refractivity contribution in [2.75, 3.05) is 50.7 Å². The molecular weight excluding hydrogens is 236 g/mol. The Balaban J connectivity index is 1.88. The fourth-order valence-electron chi connectivity index (χ4n) is 2.39. The summed E-state index contributed by atoms with van der Waals surface area (Å²) >= 11 is 0. The summed E-state index contributed by atoms with van der Waals surface area (Å²) in [6, 6.07) is 12.6. The zero-order valence-corrected chi connectivity index (χ0v) is 11.4. The largest absolute Gasteiger partial charge is 0.369 e. The van der Waals surface area contributed by atoms with Crippen molar-refractivity contribution < 1.29 is 0 Å². The number of benzene rings is 1. The van der Waals surface area contributed by atoms with Crippen LogP contribution in [0.5, 0.6) is 0 Å². The van der Waals surface area contributed by atoms with Gasteiger partial charge in [-0.1, -0.05) is 18.2 Å². The molecule has 4 nitrogen and oxygen atoms in total. The van der Waals surface area contributed by atoms with E-state index in [9.17, 15) is 0 Å². The summed E-state index contributed by atoms with van der Waals surface area (Å²) in [7, 11) is 0. The van der Waals surface area contributed by atoms with Gasteiger partial charge in [0.1, 0.15) is 0 Å². The lowest BCUT2D eigenvalue weighted by molar-refractivity contribution is 0.245. The van der Waals surface area contributed by atoms with Crippen LogP contribution in [-0.4, -0.2) is 50.7 Å². The van der Waals surface area contributed by atoms with Crippen LogP contribution in [0.1, 0.15) is 6.42 Å². The van der Waals surface area contributed by atoms with Crippen LogP contribution in [0.2, 0.25) is 0 Å². The van der Waals surface area contributed by atoms with Crippen molar-refractivity contribution in [3.8, 4) is 6.07 Å². The van der Waals surface area contributed by atoms with Gasteiger partial charge >= 0.3 is 0 Å². The SMILES string of the molecule is N#CCCN(CCN1CCNCC1)c1ccccc1. The molecule has 1 aliphatic rings. The van der Waals surface area contributed by atoms with Crippen LogP contribution in [0.4, 0.5) is 5.69 Å². The summed E-state index contributed by atoms with van der Waals surface area (Å²) < 4.78 is 0. The van der Waals surface area contributed by atoms with Gasteiger partial charge in [-0.2, -0.15) is 5.26 Å². The molecule has 19 heavy (non-hydrogen) atoms. The average Bonchev–Trinajstić information content (AvgIpc) is 2.49. The predicted octanol–water partition coefficient (Wildman–Crippen LogP) is 1.31. The number of hydrogen-bond donors (Lipinski definition) is 1. The van der Waals surface area contributed by atoms with Gasteiger partial charge in [-0.3, -0.25) is 4.90 Å². The van der Waals surface area contributed by atoms with Crippen molar-refractivity contribution in [3.05, 3.63) is 30.3 Å². The number of nitrogens with one attached hydrogen (secondary N) is 1. The van der Waals surface area contributed by atoms with Crippen LogP contribution in [0.25, 0.3) is 0 Å². The molecule has 1 fully saturated rings. The molecule has 0 aromatic heterocycles. The van der Waals surface area contributed by atoms with E-state index in [0.717, 1.165) is 45.8 Å². The van der Waals surface area contributed by atoms with Crippen LogP contribution in [0.3, 0.4) is 0 Å². The van der Waals surface area contributed by atoms with E-state index in [2.05, 4.69) is 45.5 Å². The highest BCUT2D eigenvalue weighted by Crippen LogP contribution is 2.13. The lowest BCUT2D eigenvalue weighted by atomic mass is 10.2. The summed E-state index contributed by atoms with van der Waals surface area (Å²) in [6.07, 6.45) is 0.580. The van der Waals surface area contributed by atoms with Crippen molar-refractivity contribution in [1.29, 1.82) is 5.26 Å². The second kappa shape index (κ2) is 7.78. The number of nitrogens with zero attached hydrogens (tertiary/aromatic N) is 3. The van der Waals surface area contributed by atoms with Gasteiger partial charge in [-0.15, -0.1) is 0 Å². The topological polar surface area (TPSA) is 42.3 Å². The average molecular weight is 258 g/mol. The molecule has 4 heteroatoms. The molecule has 1 aliphatic heterocycles. The highest BCUT2D eigenvalue weighted by Gasteiger charge is 2.12. The standard InChI is InChI=1S/C15H22N4/c16-7-4-10-19(15-5-2-1-3-6-15)14-13-18-11-8-17-9-12-18/h1-3,5-6,17H,4,8-14H2. The molecule has 0 atom stereocenters. The first-order chi connectivity index (χ1) is 9.40. The summed E-state index contributed by atoms with van der Waals surface area (Å²) in [4.78, 5) is 4.80. The maximum Gasteiger partial charge on any atom is 0.0640 e. The van der Waals surface area contributed by atoms with Crippen molar-refractivity contribution in [1.82, 2.24) is 10.2 Å². The lowest BCUT2D eigenvalue weighted by Crippen LogP contribution is -2.46. The van der Waals surface area contributed by atoms with E-state index in [4.69, 9.17) is 5.26 Å². The quantitative estimate of drug-likeness (QED) is 0.835. The first-order valence-electron chi connectivity index (χ1n) is 7.00. The zero-order valence-electron chi connectivity index (χ0n) is 11.4. The van der Waals surface area contributed by atoms with Crippen molar-refractivity contribution >= 4 is 5.69 Å². The number of rotatable bonds is 6. The fourth-order valence-corrected chi connectivity index (χ4v) is 2.39. The molecule has 1 saturated heterocycles. The van der Waals surface area contributed by atoms with Crippen molar-refractivity contribution in [2.45, 2.75) is 6.42 Å². The number of para-hydroxylation sites is 1. The Bertz CT molecular complexity index is 392. The highest BCUT2D eigenvalue weighted by atomic mass is 15.2. The molecule has 0 aliphatic carbocycles. The Morgan fingerprint density at radius 1 is 1.16 bits per heavy atom. The second-order valence-corrected chi connectivity index (χ2v) is 4.82. The Labute approximate surface area is 115 Å². The minimum Gasteiger partial charge on any atom is -0.369 e. The molecule has 0 radical (unpaired) electrons. The number of piperazine rings is 1. The molecule has 0 saturated carbocycles. The Hall–Kier alpha value is -1.57. The third-order valence-electron chi connectivity index (χ3n) is 3.51. The molecule has 0 bridgehead atoms. The van der Waals surface area contributed by atoms with E-state index in [0.29, 0.717) is 6.42 Å². The van der Waals surface area contributed by atoms with Crippen molar-refractivity contribution in [2.24, 2.45) is 0 Å². The Kier molecular flexibility index (Phi) is 5.67. The Morgan fingerprint density at radius 2 is 1.89 bits per heavy atom. The normalized spacial score (nSPS) is 15.9. The van der Waals surface area contributed by atoms with Crippen LogP contribution in [-0.2, 0) is 0 Å². The van der Waals surface area contributed by atoms with Crippen molar-refractivity contribution in [3.63, 3.8) is 0 Å². The van der Waals surface area contributed by atoms with E-state index >= 15 is 0 Å². The molecule has 1 heterocycles. The van der Waals surface area contributed by atoms with Gasteiger partial charge in [0.05, 0.1) is 12.5 Å². The van der Waals surface area contributed by atoms with Gasteiger partial charge in [0, 0.05) is 51.5 Å². The third kappa shape index (κ3) is 4.55. The minimum absolute atomic E-state index is 0.580.